The summed E-state index contributed by atoms with van der Waals surface area (Å²) in [5.74, 6) is 6.41. The van der Waals surface area contributed by atoms with Gasteiger partial charge < -0.3 is 5.11 Å². The zero-order valence-electron chi connectivity index (χ0n) is 8.21. The molecule has 2 aromatic rings. The van der Waals surface area contributed by atoms with E-state index in [2.05, 4.69) is 21.2 Å². The number of thioether (sulfide) groups is 1. The Hall–Kier alpha value is -0.870. The first-order chi connectivity index (χ1) is 7.88. The Kier molecular flexibility index (Phi) is 4.36. The molecular formula is C10H8N2OS3. The molecule has 1 N–H and O–H groups in total. The summed E-state index contributed by atoms with van der Waals surface area (Å²) in [5, 5.41) is 10.6. The van der Waals surface area contributed by atoms with Crippen LogP contribution in [-0.2, 0) is 5.75 Å². The highest BCUT2D eigenvalue weighted by Gasteiger charge is 2.01. The van der Waals surface area contributed by atoms with Crippen LogP contribution >= 0.6 is 34.6 Å². The lowest BCUT2D eigenvalue weighted by atomic mass is 10.3. The zero-order valence-corrected chi connectivity index (χ0v) is 10.7. The first kappa shape index (κ1) is 11.6. The molecule has 2 aromatic heterocycles. The maximum absolute atomic E-state index is 8.57. The number of hydrogen-bond acceptors (Lipinski definition) is 6. The molecule has 0 saturated heterocycles. The molecule has 0 bridgehead atoms. The van der Waals surface area contributed by atoms with Gasteiger partial charge in [-0.2, -0.15) is 4.37 Å². The number of aromatic nitrogens is 2. The first-order valence-electron chi connectivity index (χ1n) is 4.45. The van der Waals surface area contributed by atoms with E-state index < -0.39 is 0 Å². The molecular weight excluding hydrogens is 260 g/mol. The normalized spacial score (nSPS) is 9.81. The standard InChI is InChI=1S/C10H8N2OS3/c13-3-1-2-8-4-9(14-5-8)6-15-10-11-7-12-16-10/h4-5,7,13H,3,6H2. The van der Waals surface area contributed by atoms with Crippen LogP contribution < -0.4 is 0 Å². The zero-order chi connectivity index (χ0) is 11.2. The summed E-state index contributed by atoms with van der Waals surface area (Å²) < 4.78 is 4.93. The second-order valence-corrected chi connectivity index (χ2v) is 5.76. The van der Waals surface area contributed by atoms with Gasteiger partial charge in [-0.1, -0.05) is 23.6 Å². The lowest BCUT2D eigenvalue weighted by Crippen LogP contribution is -1.74. The maximum Gasteiger partial charge on any atom is 0.170 e. The van der Waals surface area contributed by atoms with Crippen LogP contribution in [0.15, 0.2) is 22.1 Å². The van der Waals surface area contributed by atoms with Crippen LogP contribution in [-0.4, -0.2) is 21.1 Å². The SMILES string of the molecule is OCC#Cc1csc(CSc2ncns2)c1. The van der Waals surface area contributed by atoms with Crippen LogP contribution in [0.1, 0.15) is 10.4 Å². The molecule has 0 aliphatic carbocycles. The highest BCUT2D eigenvalue weighted by Crippen LogP contribution is 2.26. The van der Waals surface area contributed by atoms with Crippen molar-refractivity contribution < 1.29 is 5.11 Å². The molecule has 0 aromatic carbocycles. The number of aliphatic hydroxyl groups is 1. The van der Waals surface area contributed by atoms with Crippen LogP contribution in [0.25, 0.3) is 0 Å². The van der Waals surface area contributed by atoms with Gasteiger partial charge in [-0.25, -0.2) is 4.98 Å². The molecule has 0 spiro atoms. The van der Waals surface area contributed by atoms with Crippen molar-refractivity contribution in [1.82, 2.24) is 9.36 Å². The fraction of sp³-hybridized carbons (Fsp3) is 0.200. The minimum Gasteiger partial charge on any atom is -0.384 e. The predicted octanol–water partition coefficient (Wildman–Crippen LogP) is 2.24. The quantitative estimate of drug-likeness (QED) is 0.685. The highest BCUT2D eigenvalue weighted by molar-refractivity contribution is 8.00. The summed E-state index contributed by atoms with van der Waals surface area (Å²) in [6.45, 7) is -0.0925. The molecule has 6 heteroatoms. The monoisotopic (exact) mass is 268 g/mol. The summed E-state index contributed by atoms with van der Waals surface area (Å²) in [6, 6.07) is 2.04. The molecule has 0 saturated carbocycles. The summed E-state index contributed by atoms with van der Waals surface area (Å²) in [5.41, 5.74) is 0.965. The average Bonchev–Trinajstić information content (AvgIpc) is 2.95. The van der Waals surface area contributed by atoms with Crippen molar-refractivity contribution in [3.05, 3.63) is 28.2 Å². The maximum atomic E-state index is 8.57. The van der Waals surface area contributed by atoms with Gasteiger partial charge in [0.15, 0.2) is 4.34 Å². The molecule has 0 amide bonds. The summed E-state index contributed by atoms with van der Waals surface area (Å²) >= 11 is 4.76. The van der Waals surface area contributed by atoms with Crippen LogP contribution in [0.3, 0.4) is 0 Å². The highest BCUT2D eigenvalue weighted by atomic mass is 32.2. The third kappa shape index (κ3) is 3.32. The van der Waals surface area contributed by atoms with Gasteiger partial charge in [0, 0.05) is 21.6 Å². The van der Waals surface area contributed by atoms with Crippen molar-refractivity contribution in [3.63, 3.8) is 0 Å². The van der Waals surface area contributed by atoms with Crippen LogP contribution in [0.4, 0.5) is 0 Å². The Morgan fingerprint density at radius 1 is 1.50 bits per heavy atom. The minimum atomic E-state index is -0.0925. The van der Waals surface area contributed by atoms with Gasteiger partial charge in [0.2, 0.25) is 0 Å². The average molecular weight is 268 g/mol. The fourth-order valence-corrected chi connectivity index (χ4v) is 3.34. The Balaban J connectivity index is 1.93. The summed E-state index contributed by atoms with van der Waals surface area (Å²) in [7, 11) is 0. The topological polar surface area (TPSA) is 46.0 Å². The van der Waals surface area contributed by atoms with Crippen molar-refractivity contribution in [1.29, 1.82) is 0 Å². The molecule has 82 valence electrons. The van der Waals surface area contributed by atoms with Gasteiger partial charge in [-0.05, 0) is 17.6 Å². The molecule has 2 rings (SSSR count). The van der Waals surface area contributed by atoms with Crippen LogP contribution in [0.2, 0.25) is 0 Å². The van der Waals surface area contributed by atoms with Gasteiger partial charge in [0.1, 0.15) is 12.9 Å². The molecule has 0 fully saturated rings. The van der Waals surface area contributed by atoms with E-state index >= 15 is 0 Å². The van der Waals surface area contributed by atoms with Crippen molar-refractivity contribution in [3.8, 4) is 11.8 Å². The molecule has 0 radical (unpaired) electrons. The Morgan fingerprint density at radius 3 is 3.19 bits per heavy atom. The third-order valence-electron chi connectivity index (χ3n) is 1.64. The Morgan fingerprint density at radius 2 is 2.44 bits per heavy atom. The number of thiophene rings is 1. The number of rotatable bonds is 3. The van der Waals surface area contributed by atoms with Gasteiger partial charge in [-0.3, -0.25) is 0 Å². The van der Waals surface area contributed by atoms with E-state index in [1.165, 1.54) is 16.4 Å². The van der Waals surface area contributed by atoms with Crippen LogP contribution in [0, 0.1) is 11.8 Å². The minimum absolute atomic E-state index is 0.0925. The van der Waals surface area contributed by atoms with E-state index in [-0.39, 0.29) is 6.61 Å². The van der Waals surface area contributed by atoms with Crippen LogP contribution in [0.5, 0.6) is 0 Å². The molecule has 2 heterocycles. The molecule has 0 aliphatic heterocycles. The van der Waals surface area contributed by atoms with E-state index in [4.69, 9.17) is 5.11 Å². The first-order valence-corrected chi connectivity index (χ1v) is 7.09. The largest absolute Gasteiger partial charge is 0.384 e. The fourth-order valence-electron chi connectivity index (χ4n) is 1.02. The van der Waals surface area contributed by atoms with Gasteiger partial charge in [-0.15, -0.1) is 11.3 Å². The van der Waals surface area contributed by atoms with Crippen molar-refractivity contribution >= 4 is 34.6 Å². The van der Waals surface area contributed by atoms with E-state index in [1.807, 2.05) is 11.4 Å². The van der Waals surface area contributed by atoms with E-state index in [0.29, 0.717) is 0 Å². The van der Waals surface area contributed by atoms with E-state index in [0.717, 1.165) is 15.7 Å². The third-order valence-corrected chi connectivity index (χ3v) is 4.61. The lowest BCUT2D eigenvalue weighted by molar-refractivity contribution is 0.350. The Bertz CT molecular complexity index is 496. The van der Waals surface area contributed by atoms with Crippen molar-refractivity contribution in [2.24, 2.45) is 0 Å². The van der Waals surface area contributed by atoms with Crippen molar-refractivity contribution in [2.75, 3.05) is 6.61 Å². The van der Waals surface area contributed by atoms with Crippen molar-refractivity contribution in [2.45, 2.75) is 10.1 Å². The molecule has 3 nitrogen and oxygen atoms in total. The van der Waals surface area contributed by atoms with Gasteiger partial charge in [0.05, 0.1) is 0 Å². The smallest absolute Gasteiger partial charge is 0.170 e. The van der Waals surface area contributed by atoms with E-state index in [1.54, 1.807) is 29.4 Å². The molecule has 0 unspecified atom stereocenters. The lowest BCUT2D eigenvalue weighted by Gasteiger charge is -1.91. The van der Waals surface area contributed by atoms with E-state index in [9.17, 15) is 0 Å². The second-order valence-electron chi connectivity index (χ2n) is 2.76. The van der Waals surface area contributed by atoms with Gasteiger partial charge >= 0.3 is 0 Å². The van der Waals surface area contributed by atoms with Gasteiger partial charge in [0.25, 0.3) is 0 Å². The summed E-state index contributed by atoms with van der Waals surface area (Å²) in [4.78, 5) is 5.35. The molecule has 0 aliphatic rings. The molecule has 0 atom stereocenters. The molecule has 16 heavy (non-hydrogen) atoms. The summed E-state index contributed by atoms with van der Waals surface area (Å²) in [6.07, 6.45) is 1.57. The predicted molar refractivity (Wildman–Crippen MR) is 67.8 cm³/mol. The number of aliphatic hydroxyl groups excluding tert-OH is 1. The second kappa shape index (κ2) is 6.01. The Labute approximate surface area is 106 Å². The number of hydrogen-bond donors (Lipinski definition) is 1. The number of nitrogens with zero attached hydrogens (tertiary/aromatic N) is 2.